The molecule has 0 saturated carbocycles. The number of hydrogen-bond acceptors (Lipinski definition) is 6. The average molecular weight is 201 g/mol. The van der Waals surface area contributed by atoms with Gasteiger partial charge >= 0.3 is 0 Å². The molecule has 5 nitrogen and oxygen atoms in total. The van der Waals surface area contributed by atoms with Crippen molar-refractivity contribution in [2.24, 2.45) is 0 Å². The van der Waals surface area contributed by atoms with E-state index in [1.54, 1.807) is 0 Å². The van der Waals surface area contributed by atoms with Crippen molar-refractivity contribution in [1.82, 2.24) is 14.3 Å². The number of anilines is 2. The molecule has 13 heavy (non-hydrogen) atoms. The molecule has 0 aliphatic carbocycles. The molecule has 0 fully saturated rings. The van der Waals surface area contributed by atoms with Gasteiger partial charge in [0.2, 0.25) is 11.1 Å². The van der Waals surface area contributed by atoms with Crippen LogP contribution in [0, 0.1) is 0 Å². The Morgan fingerprint density at radius 1 is 1.62 bits per heavy atom. The molecule has 0 amide bonds. The average Bonchev–Trinajstić information content (AvgIpc) is 2.33. The van der Waals surface area contributed by atoms with E-state index in [9.17, 15) is 0 Å². The van der Waals surface area contributed by atoms with Gasteiger partial charge in [0, 0.05) is 24.1 Å². The van der Waals surface area contributed by atoms with Gasteiger partial charge in [-0.05, 0) is 21.0 Å². The highest BCUT2D eigenvalue weighted by molar-refractivity contribution is 7.09. The summed E-state index contributed by atoms with van der Waals surface area (Å²) in [5.74, 6) is 0.338. The van der Waals surface area contributed by atoms with Gasteiger partial charge in [0.1, 0.15) is 0 Å². The molecule has 0 bridgehead atoms. The second kappa shape index (κ2) is 4.38. The summed E-state index contributed by atoms with van der Waals surface area (Å²) in [6.45, 7) is 3.05. The fourth-order valence-corrected chi connectivity index (χ4v) is 1.71. The second-order valence-corrected chi connectivity index (χ2v) is 4.02. The SMILES string of the molecule is CC(CN(C)C)Nc1nc(N)ns1. The Morgan fingerprint density at radius 3 is 2.77 bits per heavy atom. The molecule has 1 rings (SSSR count). The first-order chi connectivity index (χ1) is 6.08. The summed E-state index contributed by atoms with van der Waals surface area (Å²) in [5.41, 5.74) is 5.39. The molecule has 1 heterocycles. The van der Waals surface area contributed by atoms with Crippen molar-refractivity contribution in [2.45, 2.75) is 13.0 Å². The van der Waals surface area contributed by atoms with Gasteiger partial charge in [-0.15, -0.1) is 0 Å². The van der Waals surface area contributed by atoms with Crippen LogP contribution < -0.4 is 11.1 Å². The molecule has 1 aromatic rings. The van der Waals surface area contributed by atoms with E-state index in [0.717, 1.165) is 11.7 Å². The molecule has 1 unspecified atom stereocenters. The van der Waals surface area contributed by atoms with Crippen LogP contribution in [0.25, 0.3) is 0 Å². The molecule has 0 spiro atoms. The third-order valence-corrected chi connectivity index (χ3v) is 2.11. The van der Waals surface area contributed by atoms with Crippen molar-refractivity contribution in [1.29, 1.82) is 0 Å². The zero-order valence-corrected chi connectivity index (χ0v) is 8.93. The maximum Gasteiger partial charge on any atom is 0.233 e. The molecule has 0 radical (unpaired) electrons. The third kappa shape index (κ3) is 3.56. The monoisotopic (exact) mass is 201 g/mol. The quantitative estimate of drug-likeness (QED) is 0.741. The molecule has 0 aliphatic heterocycles. The standard InChI is InChI=1S/C7H15N5S/c1-5(4-12(2)3)9-7-10-6(8)11-13-7/h5H,4H2,1-3H3,(H3,8,9,10,11). The molecular weight excluding hydrogens is 186 g/mol. The van der Waals surface area contributed by atoms with Crippen LogP contribution in [0.3, 0.4) is 0 Å². The Bertz CT molecular complexity index is 259. The number of nitrogens with zero attached hydrogens (tertiary/aromatic N) is 3. The highest BCUT2D eigenvalue weighted by Gasteiger charge is 2.06. The lowest BCUT2D eigenvalue weighted by atomic mass is 10.3. The number of rotatable bonds is 4. The normalized spacial score (nSPS) is 13.2. The van der Waals surface area contributed by atoms with Crippen LogP contribution in [-0.2, 0) is 0 Å². The van der Waals surface area contributed by atoms with Gasteiger partial charge in [-0.25, -0.2) is 0 Å². The number of nitrogens with two attached hydrogens (primary N) is 1. The first-order valence-corrected chi connectivity index (χ1v) is 4.85. The molecule has 1 aromatic heterocycles. The lowest BCUT2D eigenvalue weighted by molar-refractivity contribution is 0.392. The van der Waals surface area contributed by atoms with Crippen LogP contribution in [0.5, 0.6) is 0 Å². The number of aromatic nitrogens is 2. The fraction of sp³-hybridized carbons (Fsp3) is 0.714. The van der Waals surface area contributed by atoms with Gasteiger partial charge in [0.05, 0.1) is 0 Å². The highest BCUT2D eigenvalue weighted by atomic mass is 32.1. The van der Waals surface area contributed by atoms with E-state index in [1.165, 1.54) is 11.5 Å². The van der Waals surface area contributed by atoms with Gasteiger partial charge in [-0.3, -0.25) is 0 Å². The summed E-state index contributed by atoms with van der Waals surface area (Å²) in [6, 6.07) is 0.349. The van der Waals surface area contributed by atoms with Crippen molar-refractivity contribution in [3.05, 3.63) is 0 Å². The van der Waals surface area contributed by atoms with Crippen molar-refractivity contribution in [3.8, 4) is 0 Å². The number of hydrogen-bond donors (Lipinski definition) is 2. The second-order valence-electron chi connectivity index (χ2n) is 3.27. The smallest absolute Gasteiger partial charge is 0.233 e. The van der Waals surface area contributed by atoms with Crippen LogP contribution in [0.15, 0.2) is 0 Å². The lowest BCUT2D eigenvalue weighted by Gasteiger charge is -2.17. The number of nitrogens with one attached hydrogen (secondary N) is 1. The van der Waals surface area contributed by atoms with Crippen molar-refractivity contribution in [3.63, 3.8) is 0 Å². The van der Waals surface area contributed by atoms with Crippen LogP contribution in [-0.4, -0.2) is 40.9 Å². The van der Waals surface area contributed by atoms with Gasteiger partial charge in [-0.2, -0.15) is 9.36 Å². The first-order valence-electron chi connectivity index (χ1n) is 4.08. The predicted molar refractivity (Wildman–Crippen MR) is 56.0 cm³/mol. The Balaban J connectivity index is 2.40. The minimum Gasteiger partial charge on any atom is -0.367 e. The van der Waals surface area contributed by atoms with Crippen molar-refractivity contribution in [2.75, 3.05) is 31.7 Å². The summed E-state index contributed by atoms with van der Waals surface area (Å²) in [7, 11) is 4.07. The van der Waals surface area contributed by atoms with Gasteiger partial charge in [0.25, 0.3) is 0 Å². The van der Waals surface area contributed by atoms with Crippen LogP contribution in [0.1, 0.15) is 6.92 Å². The lowest BCUT2D eigenvalue weighted by Crippen LogP contribution is -2.29. The van der Waals surface area contributed by atoms with Gasteiger partial charge < -0.3 is 16.0 Å². The maximum atomic E-state index is 5.39. The summed E-state index contributed by atoms with van der Waals surface area (Å²) in [5, 5.41) is 4.00. The fourth-order valence-electron chi connectivity index (χ4n) is 1.10. The van der Waals surface area contributed by atoms with Crippen LogP contribution >= 0.6 is 11.5 Å². The molecule has 0 saturated heterocycles. The van der Waals surface area contributed by atoms with Crippen LogP contribution in [0.2, 0.25) is 0 Å². The summed E-state index contributed by atoms with van der Waals surface area (Å²) in [6.07, 6.45) is 0. The van der Waals surface area contributed by atoms with Gasteiger partial charge in [0.15, 0.2) is 0 Å². The minimum absolute atomic E-state index is 0.338. The highest BCUT2D eigenvalue weighted by Crippen LogP contribution is 2.12. The number of nitrogen functional groups attached to an aromatic ring is 1. The van der Waals surface area contributed by atoms with E-state index in [4.69, 9.17) is 5.73 Å². The molecule has 3 N–H and O–H groups in total. The van der Waals surface area contributed by atoms with Crippen LogP contribution in [0.4, 0.5) is 11.1 Å². The number of likely N-dealkylation sites (N-methyl/N-ethyl adjacent to an activating group) is 1. The maximum absolute atomic E-state index is 5.39. The van der Waals surface area contributed by atoms with Gasteiger partial charge in [-0.1, -0.05) is 0 Å². The molecule has 0 aromatic carbocycles. The molecule has 6 heteroatoms. The Hall–Kier alpha value is -0.880. The first kappa shape index (κ1) is 10.2. The molecular formula is C7H15N5S. The van der Waals surface area contributed by atoms with Crippen molar-refractivity contribution >= 4 is 22.6 Å². The molecule has 0 aliphatic rings. The summed E-state index contributed by atoms with van der Waals surface area (Å²) >= 11 is 1.29. The summed E-state index contributed by atoms with van der Waals surface area (Å²) < 4.78 is 3.88. The Labute approximate surface area is 82.1 Å². The van der Waals surface area contributed by atoms with Crippen molar-refractivity contribution < 1.29 is 0 Å². The van der Waals surface area contributed by atoms with E-state index in [0.29, 0.717) is 12.0 Å². The van der Waals surface area contributed by atoms with E-state index in [-0.39, 0.29) is 0 Å². The Morgan fingerprint density at radius 2 is 2.31 bits per heavy atom. The van der Waals surface area contributed by atoms with E-state index < -0.39 is 0 Å². The summed E-state index contributed by atoms with van der Waals surface area (Å²) in [4.78, 5) is 6.13. The topological polar surface area (TPSA) is 67.1 Å². The third-order valence-electron chi connectivity index (χ3n) is 1.45. The largest absolute Gasteiger partial charge is 0.367 e. The zero-order valence-electron chi connectivity index (χ0n) is 8.11. The molecule has 74 valence electrons. The molecule has 1 atom stereocenters. The zero-order chi connectivity index (χ0) is 9.84. The van der Waals surface area contributed by atoms with E-state index >= 15 is 0 Å². The van der Waals surface area contributed by atoms with E-state index in [2.05, 4.69) is 26.5 Å². The predicted octanol–water partition coefficient (Wildman–Crippen LogP) is 0.482. The minimum atomic E-state index is 0.338. The van der Waals surface area contributed by atoms with E-state index in [1.807, 2.05) is 14.1 Å². The Kier molecular flexibility index (Phi) is 3.44.